The molecule has 0 N–H and O–H groups in total. The van der Waals surface area contributed by atoms with E-state index in [9.17, 15) is 14.4 Å². The summed E-state index contributed by atoms with van der Waals surface area (Å²) in [5, 5.41) is 0. The minimum absolute atomic E-state index is 0.116. The van der Waals surface area contributed by atoms with Crippen LogP contribution in [0, 0.1) is 0 Å². The van der Waals surface area contributed by atoms with Gasteiger partial charge >= 0.3 is 17.9 Å². The smallest absolute Gasteiger partial charge is 0.306 e. The molecule has 0 saturated heterocycles. The Morgan fingerprint density at radius 1 is 0.344 bits per heavy atom. The van der Waals surface area contributed by atoms with E-state index in [0.717, 1.165) is 83.5 Å². The molecule has 0 spiro atoms. The maximum atomic E-state index is 12.8. The highest BCUT2D eigenvalue weighted by atomic mass is 16.6. The first-order chi connectivity index (χ1) is 30.0. The molecular formula is C55H86O6. The van der Waals surface area contributed by atoms with Crippen LogP contribution in [0.15, 0.2) is 122 Å². The third kappa shape index (κ3) is 46.7. The van der Waals surface area contributed by atoms with Gasteiger partial charge in [0.15, 0.2) is 6.10 Å². The van der Waals surface area contributed by atoms with Crippen LogP contribution in [0.4, 0.5) is 0 Å². The normalized spacial score (nSPS) is 13.2. The molecule has 0 fully saturated rings. The zero-order valence-electron chi connectivity index (χ0n) is 38.9. The van der Waals surface area contributed by atoms with Crippen LogP contribution < -0.4 is 0 Å². The molecule has 0 aliphatic carbocycles. The molecule has 0 aromatic heterocycles. The van der Waals surface area contributed by atoms with E-state index in [1.54, 1.807) is 0 Å². The highest BCUT2D eigenvalue weighted by Gasteiger charge is 2.19. The molecule has 0 amide bonds. The standard InChI is InChI=1S/C55H86O6/c1-4-7-10-13-16-19-22-25-27-30-33-36-39-42-45-48-54(57)60-51-52(50-59-53(56)47-44-41-38-35-32-29-24-21-18-15-12-9-6-3)61-55(58)49-46-43-40-37-34-31-28-26-23-20-17-14-11-8-5-2/h7,9-10,12-13,15-24,26,29,32,35,38,52H,4-6,8,11,14,25,27-28,30-31,33-34,36-37,39-51H2,1-3H3/b10-7+,12-9+,16-13+,18-15+,20-17+,22-19+,24-21+,26-23+,32-29+,38-35+. The minimum atomic E-state index is -0.820. The predicted molar refractivity (Wildman–Crippen MR) is 260 cm³/mol. The highest BCUT2D eigenvalue weighted by molar-refractivity contribution is 5.71. The van der Waals surface area contributed by atoms with E-state index in [4.69, 9.17) is 14.2 Å². The topological polar surface area (TPSA) is 78.9 Å². The number of carbonyl (C=O) groups excluding carboxylic acids is 3. The Kier molecular flexibility index (Phi) is 45.1. The number of hydrogen-bond donors (Lipinski definition) is 0. The number of hydrogen-bond acceptors (Lipinski definition) is 6. The maximum absolute atomic E-state index is 12.8. The molecule has 0 bridgehead atoms. The van der Waals surface area contributed by atoms with Gasteiger partial charge in [0.25, 0.3) is 0 Å². The van der Waals surface area contributed by atoms with Crippen molar-refractivity contribution >= 4 is 17.9 Å². The Morgan fingerprint density at radius 3 is 1.08 bits per heavy atom. The predicted octanol–water partition coefficient (Wildman–Crippen LogP) is 15.7. The van der Waals surface area contributed by atoms with E-state index >= 15 is 0 Å². The van der Waals surface area contributed by atoms with E-state index in [1.165, 1.54) is 57.8 Å². The monoisotopic (exact) mass is 843 g/mol. The molecule has 0 heterocycles. The van der Waals surface area contributed by atoms with Crippen LogP contribution in [-0.2, 0) is 28.6 Å². The lowest BCUT2D eigenvalue weighted by Crippen LogP contribution is -2.30. The Balaban J connectivity index is 4.55. The van der Waals surface area contributed by atoms with Gasteiger partial charge in [0.1, 0.15) is 13.2 Å². The summed E-state index contributed by atoms with van der Waals surface area (Å²) < 4.78 is 16.7. The third-order valence-electron chi connectivity index (χ3n) is 9.65. The van der Waals surface area contributed by atoms with Gasteiger partial charge in [-0.1, -0.05) is 213 Å². The van der Waals surface area contributed by atoms with Crippen LogP contribution >= 0.6 is 0 Å². The molecule has 0 saturated carbocycles. The number of rotatable bonds is 41. The summed E-state index contributed by atoms with van der Waals surface area (Å²) in [6, 6.07) is 0. The molecule has 0 radical (unpaired) electrons. The average molecular weight is 843 g/mol. The van der Waals surface area contributed by atoms with Crippen molar-refractivity contribution in [1.29, 1.82) is 0 Å². The molecule has 6 nitrogen and oxygen atoms in total. The number of ether oxygens (including phenoxy) is 3. The molecule has 0 rings (SSSR count). The molecule has 1 atom stereocenters. The van der Waals surface area contributed by atoms with Gasteiger partial charge in [0, 0.05) is 19.3 Å². The van der Waals surface area contributed by atoms with Crippen LogP contribution in [-0.4, -0.2) is 37.2 Å². The first-order valence-electron chi connectivity index (χ1n) is 24.2. The Morgan fingerprint density at radius 2 is 0.656 bits per heavy atom. The van der Waals surface area contributed by atoms with E-state index in [2.05, 4.69) is 87.6 Å². The van der Waals surface area contributed by atoms with Gasteiger partial charge < -0.3 is 14.2 Å². The van der Waals surface area contributed by atoms with Gasteiger partial charge in [0.2, 0.25) is 0 Å². The lowest BCUT2D eigenvalue weighted by Gasteiger charge is -2.18. The van der Waals surface area contributed by atoms with Crippen LogP contribution in [0.3, 0.4) is 0 Å². The van der Waals surface area contributed by atoms with Gasteiger partial charge in [-0.3, -0.25) is 14.4 Å². The second kappa shape index (κ2) is 48.5. The molecule has 0 aromatic rings. The molecule has 0 aliphatic heterocycles. The minimum Gasteiger partial charge on any atom is -0.462 e. The lowest BCUT2D eigenvalue weighted by atomic mass is 10.1. The van der Waals surface area contributed by atoms with Crippen molar-refractivity contribution < 1.29 is 28.6 Å². The van der Waals surface area contributed by atoms with E-state index in [0.29, 0.717) is 19.3 Å². The van der Waals surface area contributed by atoms with Crippen molar-refractivity contribution in [3.63, 3.8) is 0 Å². The second-order valence-corrected chi connectivity index (χ2v) is 15.5. The van der Waals surface area contributed by atoms with Gasteiger partial charge in [0.05, 0.1) is 0 Å². The largest absolute Gasteiger partial charge is 0.462 e. The summed E-state index contributed by atoms with van der Waals surface area (Å²) in [7, 11) is 0. The highest BCUT2D eigenvalue weighted by Crippen LogP contribution is 2.13. The van der Waals surface area contributed by atoms with Crippen molar-refractivity contribution in [1.82, 2.24) is 0 Å². The van der Waals surface area contributed by atoms with Crippen molar-refractivity contribution in [3.05, 3.63) is 122 Å². The fourth-order valence-electron chi connectivity index (χ4n) is 6.05. The number of carbonyl (C=O) groups is 3. The van der Waals surface area contributed by atoms with Gasteiger partial charge in [-0.05, 0) is 77.0 Å². The van der Waals surface area contributed by atoms with Crippen molar-refractivity contribution in [2.45, 2.75) is 194 Å². The van der Waals surface area contributed by atoms with Crippen LogP contribution in [0.1, 0.15) is 188 Å². The van der Waals surface area contributed by atoms with Crippen molar-refractivity contribution in [2.24, 2.45) is 0 Å². The van der Waals surface area contributed by atoms with Gasteiger partial charge in [-0.15, -0.1) is 0 Å². The van der Waals surface area contributed by atoms with E-state index < -0.39 is 6.10 Å². The molecule has 0 aliphatic rings. The zero-order valence-corrected chi connectivity index (χ0v) is 38.9. The Bertz CT molecular complexity index is 1340. The number of allylic oxidation sites excluding steroid dienone is 20. The summed E-state index contributed by atoms with van der Waals surface area (Å²) in [5.41, 5.74) is 0. The van der Waals surface area contributed by atoms with Crippen molar-refractivity contribution in [2.75, 3.05) is 13.2 Å². The summed E-state index contributed by atoms with van der Waals surface area (Å²) in [6.07, 6.45) is 66.1. The van der Waals surface area contributed by atoms with Crippen LogP contribution in [0.2, 0.25) is 0 Å². The number of unbranched alkanes of at least 4 members (excludes halogenated alkanes) is 17. The Labute approximate surface area is 373 Å². The fourth-order valence-corrected chi connectivity index (χ4v) is 6.05. The summed E-state index contributed by atoms with van der Waals surface area (Å²) in [6.45, 7) is 6.22. The number of esters is 3. The van der Waals surface area contributed by atoms with E-state index in [1.807, 2.05) is 54.7 Å². The Hall–Kier alpha value is -4.19. The third-order valence-corrected chi connectivity index (χ3v) is 9.65. The molecule has 1 unspecified atom stereocenters. The summed E-state index contributed by atoms with van der Waals surface area (Å²) in [5.74, 6) is -1.03. The quantitative estimate of drug-likeness (QED) is 0.0264. The lowest BCUT2D eigenvalue weighted by molar-refractivity contribution is -0.167. The van der Waals surface area contributed by atoms with Gasteiger partial charge in [-0.2, -0.15) is 0 Å². The average Bonchev–Trinajstić information content (AvgIpc) is 3.26. The maximum Gasteiger partial charge on any atom is 0.306 e. The fraction of sp³-hybridized carbons (Fsp3) is 0.582. The summed E-state index contributed by atoms with van der Waals surface area (Å²) >= 11 is 0. The molecule has 0 aromatic carbocycles. The zero-order chi connectivity index (χ0) is 44.4. The molecule has 342 valence electrons. The molecule has 61 heavy (non-hydrogen) atoms. The van der Waals surface area contributed by atoms with Gasteiger partial charge in [-0.25, -0.2) is 0 Å². The van der Waals surface area contributed by atoms with Crippen molar-refractivity contribution in [3.8, 4) is 0 Å². The van der Waals surface area contributed by atoms with E-state index in [-0.39, 0.29) is 37.5 Å². The second-order valence-electron chi connectivity index (χ2n) is 15.5. The van der Waals surface area contributed by atoms with Crippen LogP contribution in [0.5, 0.6) is 0 Å². The SMILES string of the molecule is CC/C=C/C=C/C=C/C=C/C=C/CCCC(=O)OCC(COC(=O)CCCCCCCCC/C=C/C=C/C=C/CC)OC(=O)CCCCCCCC/C=C/C=C/CCCCC. The first-order valence-corrected chi connectivity index (χ1v) is 24.2. The van der Waals surface area contributed by atoms with Crippen LogP contribution in [0.25, 0.3) is 0 Å². The summed E-state index contributed by atoms with van der Waals surface area (Å²) in [4.78, 5) is 37.9. The molecule has 6 heteroatoms. The molecular weight excluding hydrogens is 757 g/mol. The first kappa shape index (κ1) is 56.8.